The highest BCUT2D eigenvalue weighted by Crippen LogP contribution is 2.21. The second-order valence-corrected chi connectivity index (χ2v) is 6.14. The van der Waals surface area contributed by atoms with Crippen molar-refractivity contribution in [1.82, 2.24) is 14.8 Å². The third-order valence-corrected chi connectivity index (χ3v) is 4.29. The molecular weight excluding hydrogens is 360 g/mol. The Balaban J connectivity index is 1.70. The lowest BCUT2D eigenvalue weighted by molar-refractivity contribution is -0.116. The SMILES string of the molecule is C#Cc1cccc(NC(=O)CCn2c(-c3ccc(OC)cc3)n[nH]c2=S)c1. The summed E-state index contributed by atoms with van der Waals surface area (Å²) < 4.78 is 7.43. The number of hydrogen-bond donors (Lipinski definition) is 2. The molecule has 0 aliphatic rings. The number of amides is 1. The number of benzene rings is 2. The van der Waals surface area contributed by atoms with Crippen LogP contribution in [-0.4, -0.2) is 27.8 Å². The van der Waals surface area contributed by atoms with Crippen molar-refractivity contribution in [3.63, 3.8) is 0 Å². The van der Waals surface area contributed by atoms with Crippen LogP contribution >= 0.6 is 12.2 Å². The van der Waals surface area contributed by atoms with Crippen molar-refractivity contribution in [2.24, 2.45) is 0 Å². The lowest BCUT2D eigenvalue weighted by atomic mass is 10.2. The van der Waals surface area contributed by atoms with E-state index in [4.69, 9.17) is 23.4 Å². The van der Waals surface area contributed by atoms with E-state index in [0.29, 0.717) is 28.4 Å². The number of aromatic amines is 1. The number of carbonyl (C=O) groups excluding carboxylic acids is 1. The largest absolute Gasteiger partial charge is 0.497 e. The van der Waals surface area contributed by atoms with Gasteiger partial charge in [0.2, 0.25) is 5.91 Å². The molecule has 0 unspecified atom stereocenters. The molecule has 2 aromatic carbocycles. The number of terminal acetylenes is 1. The van der Waals surface area contributed by atoms with Crippen LogP contribution in [0.15, 0.2) is 48.5 Å². The van der Waals surface area contributed by atoms with Gasteiger partial charge >= 0.3 is 0 Å². The Morgan fingerprint density at radius 2 is 2.11 bits per heavy atom. The van der Waals surface area contributed by atoms with Crippen LogP contribution in [0.25, 0.3) is 11.4 Å². The van der Waals surface area contributed by atoms with Crippen LogP contribution in [0.3, 0.4) is 0 Å². The number of H-pyrrole nitrogens is 1. The third kappa shape index (κ3) is 4.43. The molecule has 136 valence electrons. The second-order valence-electron chi connectivity index (χ2n) is 5.76. The maximum Gasteiger partial charge on any atom is 0.226 e. The summed E-state index contributed by atoms with van der Waals surface area (Å²) in [6.45, 7) is 0.400. The van der Waals surface area contributed by atoms with Crippen molar-refractivity contribution in [1.29, 1.82) is 0 Å². The van der Waals surface area contributed by atoms with E-state index in [1.807, 2.05) is 30.3 Å². The molecule has 1 aromatic heterocycles. The van der Waals surface area contributed by atoms with Gasteiger partial charge in [-0.05, 0) is 54.7 Å². The Morgan fingerprint density at radius 3 is 2.81 bits per heavy atom. The van der Waals surface area contributed by atoms with Gasteiger partial charge in [0, 0.05) is 29.8 Å². The van der Waals surface area contributed by atoms with Gasteiger partial charge in [-0.1, -0.05) is 12.0 Å². The minimum Gasteiger partial charge on any atom is -0.497 e. The van der Waals surface area contributed by atoms with Gasteiger partial charge in [0.15, 0.2) is 10.6 Å². The van der Waals surface area contributed by atoms with E-state index in [1.165, 1.54) is 0 Å². The lowest BCUT2D eigenvalue weighted by Crippen LogP contribution is -2.15. The summed E-state index contributed by atoms with van der Waals surface area (Å²) in [6.07, 6.45) is 5.63. The van der Waals surface area contributed by atoms with Gasteiger partial charge < -0.3 is 10.1 Å². The molecule has 0 aliphatic carbocycles. The highest BCUT2D eigenvalue weighted by atomic mass is 32.1. The quantitative estimate of drug-likeness (QED) is 0.508. The fraction of sp³-hybridized carbons (Fsp3) is 0.150. The minimum absolute atomic E-state index is 0.132. The van der Waals surface area contributed by atoms with E-state index < -0.39 is 0 Å². The first-order chi connectivity index (χ1) is 13.1. The van der Waals surface area contributed by atoms with Crippen molar-refractivity contribution in [3.05, 3.63) is 58.9 Å². The third-order valence-electron chi connectivity index (χ3n) is 3.98. The van der Waals surface area contributed by atoms with Gasteiger partial charge in [-0.2, -0.15) is 5.10 Å². The second kappa shape index (κ2) is 8.34. The summed E-state index contributed by atoms with van der Waals surface area (Å²) in [7, 11) is 1.61. The average Bonchev–Trinajstić information content (AvgIpc) is 3.07. The fourth-order valence-corrected chi connectivity index (χ4v) is 2.83. The number of ether oxygens (including phenoxy) is 1. The summed E-state index contributed by atoms with van der Waals surface area (Å²) in [5, 5.41) is 9.90. The molecular formula is C20H18N4O2S. The van der Waals surface area contributed by atoms with Gasteiger partial charge in [-0.15, -0.1) is 6.42 Å². The van der Waals surface area contributed by atoms with Gasteiger partial charge in [-0.3, -0.25) is 14.5 Å². The zero-order valence-corrected chi connectivity index (χ0v) is 15.5. The van der Waals surface area contributed by atoms with Crippen LogP contribution < -0.4 is 10.1 Å². The first-order valence-corrected chi connectivity index (χ1v) is 8.67. The molecule has 0 saturated carbocycles. The summed E-state index contributed by atoms with van der Waals surface area (Å²) in [5.74, 6) is 3.84. The number of aromatic nitrogens is 3. The van der Waals surface area contributed by atoms with E-state index in [2.05, 4.69) is 21.4 Å². The van der Waals surface area contributed by atoms with Crippen LogP contribution in [0.2, 0.25) is 0 Å². The van der Waals surface area contributed by atoms with Crippen LogP contribution in [0.4, 0.5) is 5.69 Å². The Bertz CT molecular complexity index is 1040. The predicted molar refractivity (Wildman–Crippen MR) is 107 cm³/mol. The Hall–Kier alpha value is -3.37. The number of carbonyl (C=O) groups is 1. The Kier molecular flexibility index (Phi) is 5.69. The molecule has 3 rings (SSSR count). The van der Waals surface area contributed by atoms with Crippen molar-refractivity contribution in [2.45, 2.75) is 13.0 Å². The van der Waals surface area contributed by atoms with E-state index in [1.54, 1.807) is 29.9 Å². The summed E-state index contributed by atoms with van der Waals surface area (Å²) >= 11 is 5.30. The van der Waals surface area contributed by atoms with Crippen molar-refractivity contribution in [3.8, 4) is 29.5 Å². The summed E-state index contributed by atoms with van der Waals surface area (Å²) in [5.41, 5.74) is 2.26. The molecule has 2 N–H and O–H groups in total. The molecule has 27 heavy (non-hydrogen) atoms. The summed E-state index contributed by atoms with van der Waals surface area (Å²) in [4.78, 5) is 12.3. The van der Waals surface area contributed by atoms with Crippen molar-refractivity contribution >= 4 is 23.8 Å². The number of nitrogens with zero attached hydrogens (tertiary/aromatic N) is 2. The number of hydrogen-bond acceptors (Lipinski definition) is 4. The first kappa shape index (κ1) is 18.4. The lowest BCUT2D eigenvalue weighted by Gasteiger charge is -2.09. The van der Waals surface area contributed by atoms with Crippen LogP contribution in [0.5, 0.6) is 5.75 Å². The van der Waals surface area contributed by atoms with Crippen LogP contribution in [0, 0.1) is 17.1 Å². The zero-order valence-electron chi connectivity index (χ0n) is 14.7. The topological polar surface area (TPSA) is 71.9 Å². The molecule has 6 nitrogen and oxygen atoms in total. The van der Waals surface area contributed by atoms with Crippen LogP contribution in [-0.2, 0) is 11.3 Å². The highest BCUT2D eigenvalue weighted by molar-refractivity contribution is 7.71. The van der Waals surface area contributed by atoms with Crippen molar-refractivity contribution < 1.29 is 9.53 Å². The van der Waals surface area contributed by atoms with E-state index in [-0.39, 0.29) is 12.3 Å². The highest BCUT2D eigenvalue weighted by Gasteiger charge is 2.11. The maximum atomic E-state index is 12.3. The number of nitrogens with one attached hydrogen (secondary N) is 2. The standard InChI is InChI=1S/C20H18N4O2S/c1-3-14-5-4-6-16(13-14)21-18(25)11-12-24-19(22-23-20(24)27)15-7-9-17(26-2)10-8-15/h1,4-10,13H,11-12H2,2H3,(H,21,25)(H,23,27). The predicted octanol–water partition coefficient (Wildman–Crippen LogP) is 3.63. The van der Waals surface area contributed by atoms with Gasteiger partial charge in [0.05, 0.1) is 7.11 Å². The molecule has 0 aliphatic heterocycles. The van der Waals surface area contributed by atoms with Gasteiger partial charge in [0.1, 0.15) is 5.75 Å². The molecule has 3 aromatic rings. The molecule has 1 heterocycles. The minimum atomic E-state index is -0.132. The smallest absolute Gasteiger partial charge is 0.226 e. The Morgan fingerprint density at radius 1 is 1.33 bits per heavy atom. The maximum absolute atomic E-state index is 12.3. The molecule has 7 heteroatoms. The molecule has 0 spiro atoms. The van der Waals surface area contributed by atoms with Crippen molar-refractivity contribution in [2.75, 3.05) is 12.4 Å². The zero-order chi connectivity index (χ0) is 19.2. The van der Waals surface area contributed by atoms with E-state index in [9.17, 15) is 4.79 Å². The average molecular weight is 378 g/mol. The van der Waals surface area contributed by atoms with Gasteiger partial charge in [-0.25, -0.2) is 0 Å². The molecule has 0 fully saturated rings. The van der Waals surface area contributed by atoms with E-state index in [0.717, 1.165) is 11.3 Å². The molecule has 0 atom stereocenters. The number of rotatable bonds is 6. The number of anilines is 1. The first-order valence-electron chi connectivity index (χ1n) is 8.27. The molecule has 0 saturated heterocycles. The number of methoxy groups -OCH3 is 1. The Labute approximate surface area is 162 Å². The molecule has 0 bridgehead atoms. The normalized spacial score (nSPS) is 10.2. The fourth-order valence-electron chi connectivity index (χ4n) is 2.61. The summed E-state index contributed by atoms with van der Waals surface area (Å²) in [6, 6.07) is 14.7. The monoisotopic (exact) mass is 378 g/mol. The molecule has 0 radical (unpaired) electrons. The van der Waals surface area contributed by atoms with E-state index >= 15 is 0 Å². The van der Waals surface area contributed by atoms with Crippen LogP contribution in [0.1, 0.15) is 12.0 Å². The molecule has 1 amide bonds. The van der Waals surface area contributed by atoms with Gasteiger partial charge in [0.25, 0.3) is 0 Å².